The first kappa shape index (κ1) is 18.3. The normalized spacial score (nSPS) is 10.2. The smallest absolute Gasteiger partial charge is 0.325 e. The van der Waals surface area contributed by atoms with Gasteiger partial charge in [-0.05, 0) is 55.5 Å². The van der Waals surface area contributed by atoms with E-state index in [0.717, 1.165) is 11.5 Å². The Morgan fingerprint density at radius 3 is 1.81 bits per heavy atom. The van der Waals surface area contributed by atoms with Gasteiger partial charge in [-0.3, -0.25) is 0 Å². The number of ether oxygens (including phenoxy) is 4. The van der Waals surface area contributed by atoms with Crippen LogP contribution in [0, 0.1) is 0 Å². The fraction of sp³-hybridized carbons (Fsp3) is 0.200. The van der Waals surface area contributed by atoms with Crippen LogP contribution in [-0.2, 0) is 0 Å². The van der Waals surface area contributed by atoms with Crippen LogP contribution in [-0.4, -0.2) is 30.7 Å². The molecule has 0 aliphatic heterocycles. The molecule has 0 saturated carbocycles. The molecule has 1 heterocycles. The Bertz CT molecular complexity index is 867. The van der Waals surface area contributed by atoms with Crippen LogP contribution in [0.15, 0.2) is 54.7 Å². The molecule has 0 aliphatic rings. The summed E-state index contributed by atoms with van der Waals surface area (Å²) in [6.45, 7) is 2.69. The van der Waals surface area contributed by atoms with Crippen LogP contribution in [0.25, 0.3) is 0 Å². The van der Waals surface area contributed by atoms with Gasteiger partial charge in [0, 0.05) is 6.54 Å². The second kappa shape index (κ2) is 8.75. The van der Waals surface area contributed by atoms with Gasteiger partial charge in [0.15, 0.2) is 0 Å². The molecule has 1 N–H and O–H groups in total. The molecule has 0 fully saturated rings. The monoisotopic (exact) mass is 367 g/mol. The van der Waals surface area contributed by atoms with E-state index in [4.69, 9.17) is 18.9 Å². The molecule has 0 spiro atoms. The number of methoxy groups -OCH3 is 2. The molecule has 2 aromatic carbocycles. The standard InChI is InChI=1S/C20H21N3O4/c1-4-21-18-13-22-20(27-17-11-7-15(25-3)8-12-17)23-19(18)26-16-9-5-14(24-2)6-10-16/h5-13,21H,4H2,1-3H3. The van der Waals surface area contributed by atoms with Crippen LogP contribution < -0.4 is 24.3 Å². The van der Waals surface area contributed by atoms with Crippen molar-refractivity contribution in [1.29, 1.82) is 0 Å². The minimum absolute atomic E-state index is 0.185. The molecule has 0 aliphatic carbocycles. The predicted octanol–water partition coefficient (Wildman–Crippen LogP) is 4.51. The van der Waals surface area contributed by atoms with E-state index in [0.29, 0.717) is 29.6 Å². The Hall–Kier alpha value is -3.48. The summed E-state index contributed by atoms with van der Waals surface area (Å²) in [4.78, 5) is 8.62. The van der Waals surface area contributed by atoms with Crippen molar-refractivity contribution in [3.05, 3.63) is 54.7 Å². The van der Waals surface area contributed by atoms with Crippen LogP contribution in [0.3, 0.4) is 0 Å². The molecule has 7 nitrogen and oxygen atoms in total. The molecule has 0 atom stereocenters. The lowest BCUT2D eigenvalue weighted by molar-refractivity contribution is 0.402. The van der Waals surface area contributed by atoms with E-state index in [2.05, 4.69) is 15.3 Å². The summed E-state index contributed by atoms with van der Waals surface area (Å²) in [6, 6.07) is 14.6. The van der Waals surface area contributed by atoms with Crippen LogP contribution in [0.4, 0.5) is 5.69 Å². The van der Waals surface area contributed by atoms with Crippen molar-refractivity contribution in [3.8, 4) is 34.9 Å². The first-order chi connectivity index (χ1) is 13.2. The van der Waals surface area contributed by atoms with Gasteiger partial charge in [0.25, 0.3) is 0 Å². The largest absolute Gasteiger partial charge is 0.497 e. The van der Waals surface area contributed by atoms with Gasteiger partial charge in [-0.2, -0.15) is 4.98 Å². The van der Waals surface area contributed by atoms with Gasteiger partial charge in [-0.25, -0.2) is 4.98 Å². The lowest BCUT2D eigenvalue weighted by Gasteiger charge is -2.12. The summed E-state index contributed by atoms with van der Waals surface area (Å²) < 4.78 is 21.9. The fourth-order valence-electron chi connectivity index (χ4n) is 2.29. The molecule has 3 rings (SSSR count). The van der Waals surface area contributed by atoms with E-state index in [1.807, 2.05) is 19.1 Å². The van der Waals surface area contributed by atoms with E-state index >= 15 is 0 Å². The number of hydrogen-bond donors (Lipinski definition) is 1. The number of rotatable bonds is 8. The number of nitrogens with zero attached hydrogens (tertiary/aromatic N) is 2. The second-order valence-electron chi connectivity index (χ2n) is 5.46. The zero-order chi connectivity index (χ0) is 19.1. The Morgan fingerprint density at radius 1 is 0.778 bits per heavy atom. The van der Waals surface area contributed by atoms with Gasteiger partial charge in [-0.1, -0.05) is 0 Å². The lowest BCUT2D eigenvalue weighted by atomic mass is 10.3. The maximum Gasteiger partial charge on any atom is 0.325 e. The van der Waals surface area contributed by atoms with Gasteiger partial charge in [0.05, 0.1) is 20.4 Å². The third-order valence-corrected chi connectivity index (χ3v) is 3.64. The van der Waals surface area contributed by atoms with Crippen LogP contribution in [0.2, 0.25) is 0 Å². The number of aromatic nitrogens is 2. The highest BCUT2D eigenvalue weighted by Gasteiger charge is 2.11. The molecule has 0 saturated heterocycles. The topological polar surface area (TPSA) is 74.7 Å². The molecule has 140 valence electrons. The maximum atomic E-state index is 5.91. The molecule has 0 amide bonds. The van der Waals surface area contributed by atoms with Gasteiger partial charge >= 0.3 is 6.01 Å². The van der Waals surface area contributed by atoms with Crippen molar-refractivity contribution in [2.75, 3.05) is 26.1 Å². The summed E-state index contributed by atoms with van der Waals surface area (Å²) in [5.74, 6) is 3.10. The van der Waals surface area contributed by atoms with Crippen molar-refractivity contribution >= 4 is 5.69 Å². The summed E-state index contributed by atoms with van der Waals surface area (Å²) in [5, 5.41) is 3.18. The van der Waals surface area contributed by atoms with Gasteiger partial charge in [0.2, 0.25) is 5.88 Å². The summed E-state index contributed by atoms with van der Waals surface area (Å²) in [6.07, 6.45) is 1.63. The van der Waals surface area contributed by atoms with E-state index < -0.39 is 0 Å². The second-order valence-corrected chi connectivity index (χ2v) is 5.46. The molecule has 0 bridgehead atoms. The van der Waals surface area contributed by atoms with E-state index in [9.17, 15) is 0 Å². The molecule has 7 heteroatoms. The fourth-order valence-corrected chi connectivity index (χ4v) is 2.29. The van der Waals surface area contributed by atoms with Gasteiger partial charge in [0.1, 0.15) is 28.7 Å². The summed E-state index contributed by atoms with van der Waals surface area (Å²) in [7, 11) is 3.23. The van der Waals surface area contributed by atoms with Crippen molar-refractivity contribution < 1.29 is 18.9 Å². The minimum Gasteiger partial charge on any atom is -0.497 e. The van der Waals surface area contributed by atoms with E-state index in [1.54, 1.807) is 56.8 Å². The highest BCUT2D eigenvalue weighted by atomic mass is 16.5. The zero-order valence-electron chi connectivity index (χ0n) is 15.4. The number of hydrogen-bond acceptors (Lipinski definition) is 7. The molecule has 1 aromatic heterocycles. The van der Waals surface area contributed by atoms with Crippen LogP contribution in [0.1, 0.15) is 6.92 Å². The minimum atomic E-state index is 0.185. The van der Waals surface area contributed by atoms with E-state index in [1.165, 1.54) is 0 Å². The molecule has 0 radical (unpaired) electrons. The van der Waals surface area contributed by atoms with Crippen molar-refractivity contribution in [1.82, 2.24) is 9.97 Å². The molecule has 3 aromatic rings. The van der Waals surface area contributed by atoms with Crippen LogP contribution >= 0.6 is 0 Å². The summed E-state index contributed by atoms with van der Waals surface area (Å²) >= 11 is 0. The molecular formula is C20H21N3O4. The Kier molecular flexibility index (Phi) is 5.94. The highest BCUT2D eigenvalue weighted by Crippen LogP contribution is 2.31. The van der Waals surface area contributed by atoms with Crippen molar-refractivity contribution in [2.24, 2.45) is 0 Å². The molecular weight excluding hydrogens is 346 g/mol. The Labute approximate surface area is 157 Å². The first-order valence-electron chi connectivity index (χ1n) is 8.46. The maximum absolute atomic E-state index is 5.91. The lowest BCUT2D eigenvalue weighted by Crippen LogP contribution is -2.03. The summed E-state index contributed by atoms with van der Waals surface area (Å²) in [5.41, 5.74) is 0.676. The predicted molar refractivity (Wildman–Crippen MR) is 102 cm³/mol. The first-order valence-corrected chi connectivity index (χ1v) is 8.46. The third kappa shape index (κ3) is 4.78. The number of benzene rings is 2. The Balaban J connectivity index is 1.82. The van der Waals surface area contributed by atoms with Crippen molar-refractivity contribution in [3.63, 3.8) is 0 Å². The zero-order valence-corrected chi connectivity index (χ0v) is 15.4. The highest BCUT2D eigenvalue weighted by molar-refractivity contribution is 5.53. The SMILES string of the molecule is CCNc1cnc(Oc2ccc(OC)cc2)nc1Oc1ccc(OC)cc1. The molecule has 0 unspecified atom stereocenters. The third-order valence-electron chi connectivity index (χ3n) is 3.64. The Morgan fingerprint density at radius 2 is 1.30 bits per heavy atom. The quantitative estimate of drug-likeness (QED) is 0.628. The van der Waals surface area contributed by atoms with Gasteiger partial charge < -0.3 is 24.3 Å². The molecule has 27 heavy (non-hydrogen) atoms. The van der Waals surface area contributed by atoms with Gasteiger partial charge in [-0.15, -0.1) is 0 Å². The number of nitrogens with one attached hydrogen (secondary N) is 1. The average Bonchev–Trinajstić information content (AvgIpc) is 2.71. The van der Waals surface area contributed by atoms with Crippen LogP contribution in [0.5, 0.6) is 34.9 Å². The average molecular weight is 367 g/mol. The number of anilines is 1. The van der Waals surface area contributed by atoms with E-state index in [-0.39, 0.29) is 6.01 Å². The van der Waals surface area contributed by atoms with Crippen molar-refractivity contribution in [2.45, 2.75) is 6.92 Å².